The van der Waals surface area contributed by atoms with E-state index in [-0.39, 0.29) is 23.1 Å². The SMILES string of the molecule is Nc1ccc(-c2ccc(F)cc2)cc1NC(=O)C1CC2(CC(=O)C2)C1. The van der Waals surface area contributed by atoms with E-state index in [9.17, 15) is 14.0 Å². The summed E-state index contributed by atoms with van der Waals surface area (Å²) in [6, 6.07) is 11.6. The Morgan fingerprint density at radius 3 is 2.36 bits per heavy atom. The highest BCUT2D eigenvalue weighted by Crippen LogP contribution is 2.57. The van der Waals surface area contributed by atoms with Gasteiger partial charge in [-0.2, -0.15) is 0 Å². The van der Waals surface area contributed by atoms with Crippen LogP contribution in [0.1, 0.15) is 25.7 Å². The van der Waals surface area contributed by atoms with Crippen LogP contribution in [-0.2, 0) is 9.59 Å². The van der Waals surface area contributed by atoms with Crippen molar-refractivity contribution in [3.8, 4) is 11.1 Å². The zero-order valence-electron chi connectivity index (χ0n) is 13.7. The van der Waals surface area contributed by atoms with Crippen molar-refractivity contribution in [2.45, 2.75) is 25.7 Å². The average Bonchev–Trinajstić information content (AvgIpc) is 2.52. The summed E-state index contributed by atoms with van der Waals surface area (Å²) in [5.41, 5.74) is 8.86. The Bertz CT molecular complexity index is 844. The molecule has 0 atom stereocenters. The third kappa shape index (κ3) is 2.90. The molecule has 2 aromatic rings. The fraction of sp³-hybridized carbons (Fsp3) is 0.300. The first-order chi connectivity index (χ1) is 11.9. The fourth-order valence-corrected chi connectivity index (χ4v) is 3.97. The lowest BCUT2D eigenvalue weighted by Gasteiger charge is -2.52. The van der Waals surface area contributed by atoms with Gasteiger partial charge in [0.05, 0.1) is 11.4 Å². The van der Waals surface area contributed by atoms with Crippen molar-refractivity contribution >= 4 is 23.1 Å². The van der Waals surface area contributed by atoms with E-state index in [2.05, 4.69) is 5.32 Å². The predicted octanol–water partition coefficient (Wildman–Crippen LogP) is 3.77. The Labute approximate surface area is 145 Å². The maximum atomic E-state index is 13.1. The van der Waals surface area contributed by atoms with Crippen molar-refractivity contribution in [2.24, 2.45) is 11.3 Å². The number of nitrogen functional groups attached to an aromatic ring is 1. The Hall–Kier alpha value is -2.69. The number of halogens is 1. The maximum Gasteiger partial charge on any atom is 0.227 e. The number of carbonyl (C=O) groups is 2. The summed E-state index contributed by atoms with van der Waals surface area (Å²) >= 11 is 0. The molecule has 2 aliphatic carbocycles. The Kier molecular flexibility index (Phi) is 3.60. The number of carbonyl (C=O) groups excluding carboxylic acids is 2. The van der Waals surface area contributed by atoms with Crippen LogP contribution < -0.4 is 11.1 Å². The second-order valence-electron chi connectivity index (χ2n) is 7.30. The van der Waals surface area contributed by atoms with Crippen molar-refractivity contribution in [2.75, 3.05) is 11.1 Å². The monoisotopic (exact) mass is 338 g/mol. The van der Waals surface area contributed by atoms with E-state index in [4.69, 9.17) is 5.73 Å². The normalized spacial score (nSPS) is 18.5. The largest absolute Gasteiger partial charge is 0.397 e. The number of amides is 1. The molecular formula is C20H19FN2O2. The molecule has 0 aromatic heterocycles. The molecule has 0 aliphatic heterocycles. The van der Waals surface area contributed by atoms with Crippen LogP contribution in [0.5, 0.6) is 0 Å². The number of benzene rings is 2. The van der Waals surface area contributed by atoms with Gasteiger partial charge in [0.15, 0.2) is 0 Å². The lowest BCUT2D eigenvalue weighted by Crippen LogP contribution is -2.51. The number of ketones is 1. The van der Waals surface area contributed by atoms with Crippen LogP contribution in [-0.4, -0.2) is 11.7 Å². The van der Waals surface area contributed by atoms with Gasteiger partial charge < -0.3 is 11.1 Å². The lowest BCUT2D eigenvalue weighted by molar-refractivity contribution is -0.148. The molecular weight excluding hydrogens is 319 g/mol. The summed E-state index contributed by atoms with van der Waals surface area (Å²) in [5, 5.41) is 2.91. The first-order valence-electron chi connectivity index (χ1n) is 8.42. The third-order valence-corrected chi connectivity index (χ3v) is 5.36. The number of rotatable bonds is 3. The van der Waals surface area contributed by atoms with Gasteiger partial charge in [-0.15, -0.1) is 0 Å². The molecule has 1 amide bonds. The predicted molar refractivity (Wildman–Crippen MR) is 94.3 cm³/mol. The van der Waals surface area contributed by atoms with E-state index < -0.39 is 0 Å². The number of nitrogens with two attached hydrogens (primary N) is 1. The molecule has 2 aromatic carbocycles. The van der Waals surface area contributed by atoms with E-state index in [1.54, 1.807) is 18.2 Å². The quantitative estimate of drug-likeness (QED) is 0.837. The highest BCUT2D eigenvalue weighted by atomic mass is 19.1. The van der Waals surface area contributed by atoms with Crippen LogP contribution in [0.2, 0.25) is 0 Å². The summed E-state index contributed by atoms with van der Waals surface area (Å²) in [5.74, 6) is -0.0916. The first kappa shape index (κ1) is 15.8. The van der Waals surface area contributed by atoms with Crippen molar-refractivity contribution in [3.05, 3.63) is 48.3 Å². The molecule has 3 N–H and O–H groups in total. The number of anilines is 2. The fourth-order valence-electron chi connectivity index (χ4n) is 3.97. The molecule has 0 saturated heterocycles. The molecule has 4 rings (SSSR count). The Balaban J connectivity index is 1.47. The van der Waals surface area contributed by atoms with Gasteiger partial charge in [-0.1, -0.05) is 18.2 Å². The minimum atomic E-state index is -0.291. The molecule has 0 radical (unpaired) electrons. The molecule has 0 unspecified atom stereocenters. The van der Waals surface area contributed by atoms with Gasteiger partial charge in [-0.3, -0.25) is 9.59 Å². The Morgan fingerprint density at radius 2 is 1.72 bits per heavy atom. The molecule has 2 saturated carbocycles. The van der Waals surface area contributed by atoms with Crippen LogP contribution >= 0.6 is 0 Å². The van der Waals surface area contributed by atoms with E-state index in [1.165, 1.54) is 12.1 Å². The summed E-state index contributed by atoms with van der Waals surface area (Å²) in [6.07, 6.45) is 2.81. The minimum absolute atomic E-state index is 0.0482. The number of hydrogen-bond donors (Lipinski definition) is 2. The number of hydrogen-bond acceptors (Lipinski definition) is 3. The van der Waals surface area contributed by atoms with Gasteiger partial charge in [-0.05, 0) is 53.6 Å². The van der Waals surface area contributed by atoms with Gasteiger partial charge in [-0.25, -0.2) is 4.39 Å². The first-order valence-corrected chi connectivity index (χ1v) is 8.42. The lowest BCUT2D eigenvalue weighted by atomic mass is 9.51. The molecule has 0 bridgehead atoms. The standard InChI is InChI=1S/C20H19FN2O2/c21-15-4-1-12(2-5-15)13-3-6-17(22)18(7-13)23-19(25)14-8-20(9-14)10-16(24)11-20/h1-7,14H,8-11,22H2,(H,23,25). The molecule has 1 spiro atoms. The van der Waals surface area contributed by atoms with E-state index in [0.29, 0.717) is 30.0 Å². The molecule has 2 fully saturated rings. The van der Waals surface area contributed by atoms with Crippen LogP contribution in [0.4, 0.5) is 15.8 Å². The molecule has 0 heterocycles. The van der Waals surface area contributed by atoms with Crippen molar-refractivity contribution in [3.63, 3.8) is 0 Å². The molecule has 2 aliphatic rings. The highest BCUT2D eigenvalue weighted by Gasteiger charge is 2.54. The van der Waals surface area contributed by atoms with Crippen molar-refractivity contribution < 1.29 is 14.0 Å². The van der Waals surface area contributed by atoms with Crippen molar-refractivity contribution in [1.29, 1.82) is 0 Å². The van der Waals surface area contributed by atoms with E-state index in [0.717, 1.165) is 24.0 Å². The van der Waals surface area contributed by atoms with Crippen LogP contribution in [0.3, 0.4) is 0 Å². The number of nitrogens with one attached hydrogen (secondary N) is 1. The average molecular weight is 338 g/mol. The van der Waals surface area contributed by atoms with Gasteiger partial charge in [0.2, 0.25) is 5.91 Å². The molecule has 25 heavy (non-hydrogen) atoms. The summed E-state index contributed by atoms with van der Waals surface area (Å²) in [6.45, 7) is 0. The second-order valence-corrected chi connectivity index (χ2v) is 7.30. The third-order valence-electron chi connectivity index (χ3n) is 5.36. The van der Waals surface area contributed by atoms with E-state index in [1.807, 2.05) is 12.1 Å². The smallest absolute Gasteiger partial charge is 0.227 e. The zero-order chi connectivity index (χ0) is 17.6. The van der Waals surface area contributed by atoms with Crippen molar-refractivity contribution in [1.82, 2.24) is 0 Å². The molecule has 5 heteroatoms. The number of Topliss-reactive ketones (excluding diaryl/α,β-unsaturated/α-hetero) is 1. The second kappa shape index (κ2) is 5.69. The van der Waals surface area contributed by atoms with Gasteiger partial charge >= 0.3 is 0 Å². The Morgan fingerprint density at radius 1 is 1.08 bits per heavy atom. The summed E-state index contributed by atoms with van der Waals surface area (Å²) in [7, 11) is 0. The van der Waals surface area contributed by atoms with Gasteiger partial charge in [0.25, 0.3) is 0 Å². The van der Waals surface area contributed by atoms with E-state index >= 15 is 0 Å². The highest BCUT2D eigenvalue weighted by molar-refractivity contribution is 5.98. The maximum absolute atomic E-state index is 13.1. The van der Waals surface area contributed by atoms with Crippen LogP contribution in [0.25, 0.3) is 11.1 Å². The summed E-state index contributed by atoms with van der Waals surface area (Å²) in [4.78, 5) is 23.6. The molecule has 128 valence electrons. The summed E-state index contributed by atoms with van der Waals surface area (Å²) < 4.78 is 13.1. The topological polar surface area (TPSA) is 72.2 Å². The zero-order valence-corrected chi connectivity index (χ0v) is 13.7. The van der Waals surface area contributed by atoms with Crippen LogP contribution in [0, 0.1) is 17.2 Å². The van der Waals surface area contributed by atoms with Gasteiger partial charge in [0, 0.05) is 18.8 Å². The molecule has 4 nitrogen and oxygen atoms in total. The van der Waals surface area contributed by atoms with Crippen LogP contribution in [0.15, 0.2) is 42.5 Å². The minimum Gasteiger partial charge on any atom is -0.397 e. The van der Waals surface area contributed by atoms with Gasteiger partial charge in [0.1, 0.15) is 11.6 Å².